The van der Waals surface area contributed by atoms with Gasteiger partial charge in [0, 0.05) is 16.7 Å². The van der Waals surface area contributed by atoms with Crippen LogP contribution in [-0.4, -0.2) is 13.8 Å². The molecule has 21 heavy (non-hydrogen) atoms. The fourth-order valence-corrected chi connectivity index (χ4v) is 7.04. The molecule has 0 unspecified atom stereocenters. The smallest absolute Gasteiger partial charge is 0.198 e. The molecule has 2 heteroatoms. The minimum absolute atomic E-state index is 0.125. The van der Waals surface area contributed by atoms with Gasteiger partial charge >= 0.3 is 0 Å². The number of hydrogen-bond donors (Lipinski definition) is 0. The van der Waals surface area contributed by atoms with Crippen molar-refractivity contribution in [1.29, 1.82) is 0 Å². The summed E-state index contributed by atoms with van der Waals surface area (Å²) >= 11 is 0. The fraction of sp³-hybridized carbons (Fsp3) is 0.737. The van der Waals surface area contributed by atoms with E-state index in [0.717, 1.165) is 0 Å². The maximum atomic E-state index is 6.18. The highest BCUT2D eigenvalue weighted by molar-refractivity contribution is 7.78. The molecule has 1 nitrogen and oxygen atoms in total. The highest BCUT2D eigenvalue weighted by Gasteiger charge is 2.54. The molecule has 0 aromatic heterocycles. The molecule has 1 aliphatic rings. The van der Waals surface area contributed by atoms with E-state index < -0.39 is 7.49 Å². The van der Waals surface area contributed by atoms with Gasteiger partial charge in [0.2, 0.25) is 0 Å². The molecule has 0 aromatic carbocycles. The summed E-state index contributed by atoms with van der Waals surface area (Å²) in [5.74, 6) is 1.42. The van der Waals surface area contributed by atoms with Crippen molar-refractivity contribution in [3.63, 3.8) is 0 Å². The van der Waals surface area contributed by atoms with Gasteiger partial charge in [0.1, 0.15) is 10.6 Å². The summed E-state index contributed by atoms with van der Waals surface area (Å²) in [6.07, 6.45) is 4.85. The lowest BCUT2D eigenvalue weighted by Gasteiger charge is -2.41. The third kappa shape index (κ3) is 3.80. The Morgan fingerprint density at radius 1 is 0.714 bits per heavy atom. The first-order chi connectivity index (χ1) is 9.14. The van der Waals surface area contributed by atoms with Gasteiger partial charge in [-0.3, -0.25) is 0 Å². The van der Waals surface area contributed by atoms with Gasteiger partial charge in [-0.25, -0.2) is 4.52 Å². The lowest BCUT2D eigenvalue weighted by molar-refractivity contribution is 0.415. The zero-order chi connectivity index (χ0) is 16.9. The third-order valence-corrected chi connectivity index (χ3v) is 8.44. The molecular formula is C19H35OP+. The Morgan fingerprint density at radius 3 is 1.24 bits per heavy atom. The van der Waals surface area contributed by atoms with Crippen molar-refractivity contribution >= 4 is 7.49 Å². The Balaban J connectivity index is 3.59. The molecule has 121 valence electrons. The highest BCUT2D eigenvalue weighted by Crippen LogP contribution is 2.78. The van der Waals surface area contributed by atoms with Crippen LogP contribution in [0.15, 0.2) is 22.8 Å². The van der Waals surface area contributed by atoms with Crippen LogP contribution < -0.4 is 0 Å². The lowest BCUT2D eigenvalue weighted by Crippen LogP contribution is -2.27. The van der Waals surface area contributed by atoms with Crippen molar-refractivity contribution < 1.29 is 4.52 Å². The van der Waals surface area contributed by atoms with Gasteiger partial charge in [-0.05, 0) is 17.6 Å². The van der Waals surface area contributed by atoms with Gasteiger partial charge in [-0.15, -0.1) is 0 Å². The van der Waals surface area contributed by atoms with Crippen LogP contribution in [0.2, 0.25) is 0 Å². The van der Waals surface area contributed by atoms with Gasteiger partial charge in [-0.1, -0.05) is 62.3 Å². The molecule has 0 saturated carbocycles. The monoisotopic (exact) mass is 310 g/mol. The molecule has 1 rings (SSSR count). The first kappa shape index (κ1) is 18.9. The molecule has 0 N–H and O–H groups in total. The van der Waals surface area contributed by atoms with E-state index in [-0.39, 0.29) is 16.2 Å². The van der Waals surface area contributed by atoms with Gasteiger partial charge < -0.3 is 0 Å². The average Bonchev–Trinajstić information content (AvgIpc) is 2.24. The first-order valence-corrected chi connectivity index (χ1v) is 10.0. The van der Waals surface area contributed by atoms with Crippen LogP contribution >= 0.6 is 7.49 Å². The van der Waals surface area contributed by atoms with Gasteiger partial charge in [0.15, 0.2) is 7.49 Å². The highest BCUT2D eigenvalue weighted by atomic mass is 31.2. The number of allylic oxidation sites excluding steroid dienone is 4. The van der Waals surface area contributed by atoms with Gasteiger partial charge in [-0.2, -0.15) is 0 Å². The molecule has 0 aliphatic carbocycles. The van der Waals surface area contributed by atoms with Crippen LogP contribution in [0.3, 0.4) is 0 Å². The second-order valence-corrected chi connectivity index (χ2v) is 12.5. The summed E-state index contributed by atoms with van der Waals surface area (Å²) < 4.78 is 6.18. The van der Waals surface area contributed by atoms with Crippen LogP contribution in [-0.2, 0) is 4.52 Å². The van der Waals surface area contributed by atoms with Crippen molar-refractivity contribution in [2.45, 2.75) is 62.3 Å². The van der Waals surface area contributed by atoms with E-state index >= 15 is 0 Å². The van der Waals surface area contributed by atoms with Crippen LogP contribution in [0.25, 0.3) is 0 Å². The SMILES string of the molecule is CO[P+]1(C)C(C(C)(C)C)=C[C](C(C)(C)C)C=C1C(C)(C)C. The van der Waals surface area contributed by atoms with E-state index in [2.05, 4.69) is 81.1 Å². The largest absolute Gasteiger partial charge is 0.231 e. The van der Waals surface area contributed by atoms with Crippen LogP contribution in [0.4, 0.5) is 0 Å². The van der Waals surface area contributed by atoms with E-state index in [0.29, 0.717) is 0 Å². The normalized spacial score (nSPS) is 21.1. The molecule has 0 bridgehead atoms. The quantitative estimate of drug-likeness (QED) is 0.490. The van der Waals surface area contributed by atoms with Crippen LogP contribution in [0, 0.1) is 22.2 Å². The Labute approximate surface area is 133 Å². The standard InChI is InChI=1S/C19H35OP/c1-17(2,3)14-12-15(18(4,5)6)21(11,20-10)16(13-14)19(7,8)9/h12-13H,1-11H3/q+1. The molecule has 0 fully saturated rings. The molecule has 0 spiro atoms. The van der Waals surface area contributed by atoms with E-state index in [1.54, 1.807) is 0 Å². The predicted octanol–water partition coefficient (Wildman–Crippen LogP) is 6.69. The molecule has 1 heterocycles. The van der Waals surface area contributed by atoms with Crippen molar-refractivity contribution in [1.82, 2.24) is 0 Å². The summed E-state index contributed by atoms with van der Waals surface area (Å²) in [6.45, 7) is 23.1. The maximum Gasteiger partial charge on any atom is 0.198 e. The third-order valence-electron chi connectivity index (χ3n) is 4.27. The second kappa shape index (κ2) is 5.50. The maximum absolute atomic E-state index is 6.18. The fourth-order valence-electron chi connectivity index (χ4n) is 3.06. The van der Waals surface area contributed by atoms with E-state index in [9.17, 15) is 0 Å². The van der Waals surface area contributed by atoms with Gasteiger partial charge in [0.25, 0.3) is 0 Å². The minimum Gasteiger partial charge on any atom is -0.231 e. The molecule has 0 aromatic rings. The van der Waals surface area contributed by atoms with E-state index in [1.165, 1.54) is 16.5 Å². The average molecular weight is 310 g/mol. The predicted molar refractivity (Wildman–Crippen MR) is 97.6 cm³/mol. The summed E-state index contributed by atoms with van der Waals surface area (Å²) in [7, 11) is 0.171. The lowest BCUT2D eigenvalue weighted by atomic mass is 9.77. The van der Waals surface area contributed by atoms with Gasteiger partial charge in [0.05, 0.1) is 13.8 Å². The summed E-state index contributed by atoms with van der Waals surface area (Å²) in [5, 5.41) is 2.96. The van der Waals surface area contributed by atoms with Crippen molar-refractivity contribution in [2.75, 3.05) is 13.8 Å². The molecule has 0 amide bonds. The van der Waals surface area contributed by atoms with Crippen molar-refractivity contribution in [3.8, 4) is 0 Å². The Bertz CT molecular complexity index is 417. The molecule has 0 saturated heterocycles. The minimum atomic E-state index is -1.71. The number of rotatable bonds is 1. The summed E-state index contributed by atoms with van der Waals surface area (Å²) in [5.41, 5.74) is 0.408. The Hall–Kier alpha value is -0.130. The topological polar surface area (TPSA) is 9.23 Å². The second-order valence-electron chi connectivity index (χ2n) is 9.37. The zero-order valence-electron chi connectivity index (χ0n) is 16.0. The number of hydrogen-bond acceptors (Lipinski definition) is 1. The zero-order valence-corrected chi connectivity index (χ0v) is 16.9. The van der Waals surface area contributed by atoms with E-state index in [4.69, 9.17) is 4.52 Å². The molecular weight excluding hydrogens is 275 g/mol. The summed E-state index contributed by atoms with van der Waals surface area (Å²) in [4.78, 5) is 0. The van der Waals surface area contributed by atoms with Crippen LogP contribution in [0.5, 0.6) is 0 Å². The first-order valence-electron chi connectivity index (χ1n) is 7.89. The molecule has 1 aliphatic heterocycles. The Morgan fingerprint density at radius 2 is 1.05 bits per heavy atom. The Kier molecular flexibility index (Phi) is 4.95. The molecule has 1 radical (unpaired) electrons. The molecule has 0 atom stereocenters. The van der Waals surface area contributed by atoms with Crippen molar-refractivity contribution in [2.24, 2.45) is 16.2 Å². The van der Waals surface area contributed by atoms with E-state index in [1.807, 2.05) is 7.11 Å². The van der Waals surface area contributed by atoms with Crippen LogP contribution in [0.1, 0.15) is 62.3 Å². The summed E-state index contributed by atoms with van der Waals surface area (Å²) in [6, 6.07) is 0. The van der Waals surface area contributed by atoms with Crippen molar-refractivity contribution in [3.05, 3.63) is 28.7 Å².